The highest BCUT2D eigenvalue weighted by Gasteiger charge is 2.29. The number of nitrogens with two attached hydrogens (primary N) is 1. The Morgan fingerprint density at radius 3 is 1.91 bits per heavy atom. The van der Waals surface area contributed by atoms with Gasteiger partial charge in [-0.2, -0.15) is 0 Å². The summed E-state index contributed by atoms with van der Waals surface area (Å²) in [6.07, 6.45) is 11.9. The Morgan fingerprint density at radius 1 is 0.969 bits per heavy atom. The van der Waals surface area contributed by atoms with Gasteiger partial charge in [0.25, 0.3) is 0 Å². The van der Waals surface area contributed by atoms with Crippen LogP contribution >= 0.6 is 0 Å². The Labute approximate surface area is 200 Å². The van der Waals surface area contributed by atoms with Crippen molar-refractivity contribution in [3.63, 3.8) is 0 Å². The maximum Gasteiger partial charge on any atom is 0.0273 e. The minimum absolute atomic E-state index is 0.181. The van der Waals surface area contributed by atoms with Crippen molar-refractivity contribution in [2.45, 2.75) is 101 Å². The Kier molecular flexibility index (Phi) is 14.0. The van der Waals surface area contributed by atoms with Crippen LogP contribution in [0.2, 0.25) is 0 Å². The first-order chi connectivity index (χ1) is 14.8. The van der Waals surface area contributed by atoms with E-state index in [-0.39, 0.29) is 5.92 Å². The van der Waals surface area contributed by atoms with Gasteiger partial charge in [0.2, 0.25) is 0 Å². The van der Waals surface area contributed by atoms with Gasteiger partial charge in [0.15, 0.2) is 0 Å². The topological polar surface area (TPSA) is 26.0 Å². The van der Waals surface area contributed by atoms with Crippen molar-refractivity contribution in [3.8, 4) is 0 Å². The highest BCUT2D eigenvalue weighted by Crippen LogP contribution is 2.42. The first-order valence-electron chi connectivity index (χ1n) is 12.3. The van der Waals surface area contributed by atoms with Crippen LogP contribution in [0, 0.1) is 11.8 Å². The third kappa shape index (κ3) is 10.5. The van der Waals surface area contributed by atoms with Crippen molar-refractivity contribution in [1.29, 1.82) is 0 Å². The van der Waals surface area contributed by atoms with E-state index in [4.69, 9.17) is 5.73 Å². The number of hydrogen-bond acceptors (Lipinski definition) is 1. The van der Waals surface area contributed by atoms with Crippen molar-refractivity contribution in [2.75, 3.05) is 0 Å². The van der Waals surface area contributed by atoms with E-state index < -0.39 is 0 Å². The highest BCUT2D eigenvalue weighted by molar-refractivity contribution is 5.60. The van der Waals surface area contributed by atoms with Crippen LogP contribution in [0.15, 0.2) is 81.7 Å². The van der Waals surface area contributed by atoms with Crippen LogP contribution < -0.4 is 5.73 Å². The average Bonchev–Trinajstić information content (AvgIpc) is 2.66. The van der Waals surface area contributed by atoms with Gasteiger partial charge in [-0.15, -0.1) is 0 Å². The monoisotopic (exact) mass is 437 g/mol. The van der Waals surface area contributed by atoms with Gasteiger partial charge in [-0.1, -0.05) is 68.9 Å². The minimum atomic E-state index is 0.181. The summed E-state index contributed by atoms with van der Waals surface area (Å²) in [5, 5.41) is 0. The first-order valence-corrected chi connectivity index (χ1v) is 12.3. The van der Waals surface area contributed by atoms with E-state index >= 15 is 0 Å². The molecular weight excluding hydrogens is 386 g/mol. The lowest BCUT2D eigenvalue weighted by molar-refractivity contribution is 0.584. The van der Waals surface area contributed by atoms with E-state index in [1.54, 1.807) is 0 Å². The van der Waals surface area contributed by atoms with Gasteiger partial charge in [0.1, 0.15) is 0 Å². The molecular formula is C31H51N. The molecule has 0 aromatic rings. The van der Waals surface area contributed by atoms with Crippen LogP contribution in [0.25, 0.3) is 0 Å². The summed E-state index contributed by atoms with van der Waals surface area (Å²) in [6, 6.07) is 0. The van der Waals surface area contributed by atoms with E-state index in [0.29, 0.717) is 5.92 Å². The summed E-state index contributed by atoms with van der Waals surface area (Å²) in [6.45, 7) is 30.5. The maximum absolute atomic E-state index is 6.66. The average molecular weight is 438 g/mol. The third-order valence-electron chi connectivity index (χ3n) is 5.76. The molecule has 0 aromatic carbocycles. The molecule has 0 aliphatic heterocycles. The molecule has 180 valence electrons. The maximum atomic E-state index is 6.66. The molecule has 0 bridgehead atoms. The summed E-state index contributed by atoms with van der Waals surface area (Å²) < 4.78 is 0. The molecule has 1 aliphatic rings. The second-order valence-electron chi connectivity index (χ2n) is 10.2. The van der Waals surface area contributed by atoms with Crippen LogP contribution in [0.4, 0.5) is 0 Å². The van der Waals surface area contributed by atoms with Crippen LogP contribution in [-0.2, 0) is 0 Å². The molecule has 1 heteroatoms. The molecule has 2 N–H and O–H groups in total. The Bertz CT molecular complexity index is 793. The fourth-order valence-electron chi connectivity index (χ4n) is 3.87. The van der Waals surface area contributed by atoms with Crippen LogP contribution in [0.5, 0.6) is 0 Å². The number of allylic oxidation sites excluding steroid dienone is 11. The molecule has 1 atom stereocenters. The summed E-state index contributed by atoms with van der Waals surface area (Å²) in [5.41, 5.74) is 17.9. The molecule has 0 fully saturated rings. The molecule has 0 aromatic heterocycles. The lowest BCUT2D eigenvalue weighted by Crippen LogP contribution is -2.23. The third-order valence-corrected chi connectivity index (χ3v) is 5.76. The van der Waals surface area contributed by atoms with Crippen molar-refractivity contribution in [1.82, 2.24) is 0 Å². The number of rotatable bonds is 9. The molecule has 0 saturated carbocycles. The van der Waals surface area contributed by atoms with Gasteiger partial charge in [-0.25, -0.2) is 0 Å². The highest BCUT2D eigenvalue weighted by atomic mass is 14.6. The summed E-state index contributed by atoms with van der Waals surface area (Å²) in [4.78, 5) is 0. The van der Waals surface area contributed by atoms with Crippen LogP contribution in [0.1, 0.15) is 101 Å². The molecule has 0 saturated heterocycles. The molecule has 0 spiro atoms. The minimum Gasteiger partial charge on any atom is -0.401 e. The number of hydrogen-bond donors (Lipinski definition) is 1. The van der Waals surface area contributed by atoms with Crippen molar-refractivity contribution < 1.29 is 0 Å². The predicted octanol–water partition coefficient (Wildman–Crippen LogP) is 9.77. The fraction of sp³-hybridized carbons (Fsp3) is 0.548. The molecule has 1 unspecified atom stereocenters. The largest absolute Gasteiger partial charge is 0.401 e. The molecule has 32 heavy (non-hydrogen) atoms. The second kappa shape index (κ2) is 14.9. The van der Waals surface area contributed by atoms with E-state index in [1.165, 1.54) is 45.4 Å². The first kappa shape index (κ1) is 30.0. The molecule has 0 amide bonds. The van der Waals surface area contributed by atoms with E-state index in [0.717, 1.165) is 37.0 Å². The van der Waals surface area contributed by atoms with Crippen LogP contribution in [0.3, 0.4) is 0 Å². The molecule has 0 radical (unpaired) electrons. The molecule has 1 aliphatic carbocycles. The summed E-state index contributed by atoms with van der Waals surface area (Å²) in [7, 11) is 0. The van der Waals surface area contributed by atoms with Crippen molar-refractivity contribution >= 4 is 0 Å². The van der Waals surface area contributed by atoms with Gasteiger partial charge in [0.05, 0.1) is 0 Å². The summed E-state index contributed by atoms with van der Waals surface area (Å²) in [5.74, 6) is 0.858. The molecule has 1 nitrogen and oxygen atoms in total. The Morgan fingerprint density at radius 2 is 1.50 bits per heavy atom. The van der Waals surface area contributed by atoms with Gasteiger partial charge in [-0.3, -0.25) is 0 Å². The summed E-state index contributed by atoms with van der Waals surface area (Å²) >= 11 is 0. The normalized spacial score (nSPS) is 15.8. The van der Waals surface area contributed by atoms with Gasteiger partial charge in [-0.05, 0) is 114 Å². The smallest absolute Gasteiger partial charge is 0.0273 e. The zero-order chi connectivity index (χ0) is 25.0. The van der Waals surface area contributed by atoms with Gasteiger partial charge >= 0.3 is 0 Å². The van der Waals surface area contributed by atoms with Crippen LogP contribution in [-0.4, -0.2) is 0 Å². The van der Waals surface area contributed by atoms with Gasteiger partial charge in [0, 0.05) is 11.6 Å². The zero-order valence-electron chi connectivity index (χ0n) is 22.9. The van der Waals surface area contributed by atoms with Crippen molar-refractivity contribution in [2.24, 2.45) is 17.6 Å². The van der Waals surface area contributed by atoms with Crippen molar-refractivity contribution in [3.05, 3.63) is 81.7 Å². The SMILES string of the molecule is C=C(CCC(C)C)C1=C(C)C(CC=C(C)C)=C(N)C(CC=C(C)C)C1=C.CCC=C(C)C. The Hall–Kier alpha value is -2.02. The zero-order valence-corrected chi connectivity index (χ0v) is 22.9. The molecule has 0 heterocycles. The van der Waals surface area contributed by atoms with E-state index in [1.807, 2.05) is 0 Å². The lowest BCUT2D eigenvalue weighted by Gasteiger charge is -2.32. The standard InChI is InChI=1S/C25H39N.C6H12/c1-16(2)10-13-19(7)24-20(8)22(14-11-17(3)4)25(26)23(21(24)9)15-12-18(5)6;1-4-5-6(2)3/h11-12,16,22H,7-8,10,13-15,26H2,1-6,9H3;5H,4H2,1-3H3. The molecule has 1 rings (SSSR count). The predicted molar refractivity (Wildman–Crippen MR) is 148 cm³/mol. The van der Waals surface area contributed by atoms with E-state index in [9.17, 15) is 0 Å². The quantitative estimate of drug-likeness (QED) is 0.357. The van der Waals surface area contributed by atoms with E-state index in [2.05, 4.69) is 101 Å². The lowest BCUT2D eigenvalue weighted by atomic mass is 9.74. The Balaban J connectivity index is 0.00000140. The second-order valence-corrected chi connectivity index (χ2v) is 10.2. The fourth-order valence-corrected chi connectivity index (χ4v) is 3.87. The van der Waals surface area contributed by atoms with Gasteiger partial charge < -0.3 is 5.73 Å².